The molecule has 0 radical (unpaired) electrons. The Balaban J connectivity index is 0. The van der Waals surface area contributed by atoms with E-state index in [1.807, 2.05) is 6.92 Å². The minimum absolute atomic E-state index is 0. The van der Waals surface area contributed by atoms with Crippen molar-refractivity contribution < 1.29 is 47.6 Å². The Bertz CT molecular complexity index is 333. The molecule has 0 heterocycles. The summed E-state index contributed by atoms with van der Waals surface area (Å²) in [4.78, 5) is 0. The predicted molar refractivity (Wildman–Crippen MR) is 86.2 cm³/mol. The van der Waals surface area contributed by atoms with Gasteiger partial charge in [-0.15, -0.1) is 0 Å². The largest absolute Gasteiger partial charge is 1.00 e. The molecule has 0 saturated carbocycles. The van der Waals surface area contributed by atoms with E-state index in [9.17, 15) is 18.1 Å². The molecule has 0 aliphatic rings. The summed E-state index contributed by atoms with van der Waals surface area (Å²) >= 11 is 0. The van der Waals surface area contributed by atoms with Gasteiger partial charge < -0.3 is 9.66 Å². The van der Waals surface area contributed by atoms with E-state index in [4.69, 9.17) is 0 Å². The monoisotopic (exact) mass is 344 g/mol. The maximum atomic E-state index is 11.2. The Labute approximate surface area is 159 Å². The fraction of sp³-hybridized carbons (Fsp3) is 1.00. The molecule has 2 atom stereocenters. The van der Waals surface area contributed by atoms with Crippen LogP contribution in [-0.4, -0.2) is 29.4 Å². The molecule has 1 N–H and O–H groups in total. The molecule has 0 saturated heterocycles. The quantitative estimate of drug-likeness (QED) is 0.290. The minimum atomic E-state index is -4.15. The minimum Gasteiger partial charge on any atom is -0.748 e. The van der Waals surface area contributed by atoms with Crippen LogP contribution in [0.15, 0.2) is 0 Å². The van der Waals surface area contributed by atoms with Gasteiger partial charge in [-0.2, -0.15) is 0 Å². The smallest absolute Gasteiger partial charge is 0.748 e. The van der Waals surface area contributed by atoms with Crippen molar-refractivity contribution >= 4 is 10.1 Å². The molecule has 0 aromatic heterocycles. The van der Waals surface area contributed by atoms with Gasteiger partial charge in [0.25, 0.3) is 0 Å². The van der Waals surface area contributed by atoms with Crippen molar-refractivity contribution in [3.63, 3.8) is 0 Å². The van der Waals surface area contributed by atoms with E-state index in [1.54, 1.807) is 0 Å². The summed E-state index contributed by atoms with van der Waals surface area (Å²) in [7, 11) is -4.15. The molecule has 6 heteroatoms. The topological polar surface area (TPSA) is 77.4 Å². The summed E-state index contributed by atoms with van der Waals surface area (Å²) in [5, 5.41) is 9.07. The SMILES string of the molecule is CCCCCC(O)CCCCCC(CCCC)S(=O)(=O)[O-].[Na+]. The van der Waals surface area contributed by atoms with Crippen LogP contribution in [0.5, 0.6) is 0 Å². The van der Waals surface area contributed by atoms with Crippen LogP contribution in [0.3, 0.4) is 0 Å². The molecule has 0 aliphatic carbocycles. The molecule has 0 aromatic rings. The Morgan fingerprint density at radius 2 is 1.27 bits per heavy atom. The van der Waals surface area contributed by atoms with Crippen LogP contribution in [0.25, 0.3) is 0 Å². The molecule has 0 rings (SSSR count). The molecule has 0 amide bonds. The molecule has 2 unspecified atom stereocenters. The van der Waals surface area contributed by atoms with E-state index >= 15 is 0 Å². The van der Waals surface area contributed by atoms with Gasteiger partial charge in [-0.3, -0.25) is 0 Å². The summed E-state index contributed by atoms with van der Waals surface area (Å²) in [6, 6.07) is 0. The predicted octanol–water partition coefficient (Wildman–Crippen LogP) is 0.986. The summed E-state index contributed by atoms with van der Waals surface area (Å²) in [6.45, 7) is 4.14. The molecule has 128 valence electrons. The van der Waals surface area contributed by atoms with Gasteiger partial charge in [-0.05, 0) is 25.7 Å². The van der Waals surface area contributed by atoms with Gasteiger partial charge in [-0.25, -0.2) is 8.42 Å². The van der Waals surface area contributed by atoms with E-state index in [0.717, 1.165) is 64.2 Å². The Morgan fingerprint density at radius 1 is 0.818 bits per heavy atom. The van der Waals surface area contributed by atoms with Crippen LogP contribution in [0.2, 0.25) is 0 Å². The number of hydrogen-bond acceptors (Lipinski definition) is 4. The van der Waals surface area contributed by atoms with Crippen LogP contribution in [-0.2, 0) is 10.1 Å². The second kappa shape index (κ2) is 15.4. The molecule has 0 aromatic carbocycles. The molecule has 0 spiro atoms. The van der Waals surface area contributed by atoms with Gasteiger partial charge in [0, 0.05) is 5.25 Å². The summed E-state index contributed by atoms with van der Waals surface area (Å²) in [5.41, 5.74) is 0. The first kappa shape index (κ1) is 25.1. The van der Waals surface area contributed by atoms with Crippen molar-refractivity contribution in [2.75, 3.05) is 0 Å². The fourth-order valence-electron chi connectivity index (χ4n) is 2.57. The maximum Gasteiger partial charge on any atom is 1.00 e. The van der Waals surface area contributed by atoms with Gasteiger partial charge >= 0.3 is 29.6 Å². The van der Waals surface area contributed by atoms with Gasteiger partial charge in [0.15, 0.2) is 0 Å². The summed E-state index contributed by atoms with van der Waals surface area (Å²) in [5.74, 6) is 0. The zero-order valence-electron chi connectivity index (χ0n) is 14.7. The first-order chi connectivity index (χ1) is 9.91. The van der Waals surface area contributed by atoms with Crippen LogP contribution in [0, 0.1) is 0 Å². The van der Waals surface area contributed by atoms with E-state index < -0.39 is 15.4 Å². The number of hydrogen-bond donors (Lipinski definition) is 1. The molecular weight excluding hydrogens is 311 g/mol. The van der Waals surface area contributed by atoms with Crippen molar-refractivity contribution in [1.82, 2.24) is 0 Å². The third kappa shape index (κ3) is 14.5. The van der Waals surface area contributed by atoms with Crippen molar-refractivity contribution in [2.24, 2.45) is 0 Å². The normalized spacial score (nSPS) is 14.4. The van der Waals surface area contributed by atoms with Gasteiger partial charge in [-0.1, -0.05) is 65.2 Å². The molecule has 4 nitrogen and oxygen atoms in total. The van der Waals surface area contributed by atoms with Crippen molar-refractivity contribution in [3.8, 4) is 0 Å². The zero-order chi connectivity index (χ0) is 16.1. The Morgan fingerprint density at radius 3 is 1.77 bits per heavy atom. The standard InChI is InChI=1S/C16H34O4S.Na/c1-3-5-8-11-15(17)12-9-7-10-14-16(13-6-4-2)21(18,19)20;/h15-17H,3-14H2,1-2H3,(H,18,19,20);/q;+1/p-1. The first-order valence-corrected chi connectivity index (χ1v) is 10.0. The van der Waals surface area contributed by atoms with Crippen LogP contribution in [0.1, 0.15) is 90.9 Å². The number of rotatable bonds is 14. The fourth-order valence-corrected chi connectivity index (χ4v) is 3.48. The molecule has 0 bridgehead atoms. The third-order valence-corrected chi connectivity index (χ3v) is 5.28. The van der Waals surface area contributed by atoms with Crippen LogP contribution < -0.4 is 29.6 Å². The van der Waals surface area contributed by atoms with Crippen LogP contribution in [0.4, 0.5) is 0 Å². The van der Waals surface area contributed by atoms with Crippen molar-refractivity contribution in [1.29, 1.82) is 0 Å². The first-order valence-electron chi connectivity index (χ1n) is 8.54. The average Bonchev–Trinajstić information content (AvgIpc) is 2.40. The molecule has 0 aliphatic heterocycles. The zero-order valence-corrected chi connectivity index (χ0v) is 17.5. The van der Waals surface area contributed by atoms with E-state index in [-0.39, 0.29) is 35.7 Å². The second-order valence-electron chi connectivity index (χ2n) is 6.04. The maximum absolute atomic E-state index is 11.2. The molecule has 0 fully saturated rings. The van der Waals surface area contributed by atoms with Crippen LogP contribution >= 0.6 is 0 Å². The van der Waals surface area contributed by atoms with E-state index in [1.165, 1.54) is 0 Å². The van der Waals surface area contributed by atoms with Gasteiger partial charge in [0.05, 0.1) is 16.2 Å². The Hall–Kier alpha value is 0.870. The Kier molecular flexibility index (Phi) is 17.6. The number of aliphatic hydroxyl groups excluding tert-OH is 1. The van der Waals surface area contributed by atoms with Crippen molar-refractivity contribution in [2.45, 2.75) is 102 Å². The van der Waals surface area contributed by atoms with Crippen molar-refractivity contribution in [3.05, 3.63) is 0 Å². The average molecular weight is 344 g/mol. The van der Waals surface area contributed by atoms with Gasteiger partial charge in [0.2, 0.25) is 0 Å². The third-order valence-electron chi connectivity index (χ3n) is 3.99. The summed E-state index contributed by atoms with van der Waals surface area (Å²) in [6.07, 6.45) is 10.1. The number of unbranched alkanes of at least 4 members (excludes halogenated alkanes) is 5. The number of aliphatic hydroxyl groups is 1. The van der Waals surface area contributed by atoms with E-state index in [0.29, 0.717) is 12.8 Å². The van der Waals surface area contributed by atoms with E-state index in [2.05, 4.69) is 6.92 Å². The molecular formula is C16H33NaO4S. The second-order valence-corrected chi connectivity index (χ2v) is 7.70. The molecule has 22 heavy (non-hydrogen) atoms. The summed E-state index contributed by atoms with van der Waals surface area (Å²) < 4.78 is 33.5. The van der Waals surface area contributed by atoms with Gasteiger partial charge in [0.1, 0.15) is 0 Å².